The number of nitrogen functional groups attached to an aromatic ring is 1. The molecule has 1 aromatic heterocycles. The molecule has 5 N–H and O–H groups in total. The number of aliphatic hydroxyl groups excluding tert-OH is 1. The second-order valence-corrected chi connectivity index (χ2v) is 6.33. The summed E-state index contributed by atoms with van der Waals surface area (Å²) in [6.07, 6.45) is 1.44. The van der Waals surface area contributed by atoms with Crippen molar-refractivity contribution in [1.82, 2.24) is 9.71 Å². The van der Waals surface area contributed by atoms with E-state index in [0.29, 0.717) is 16.6 Å². The quantitative estimate of drug-likeness (QED) is 0.604. The monoisotopic (exact) mass is 283 g/mol. The maximum Gasteiger partial charge on any atom is 0.242 e. The first-order valence-electron chi connectivity index (χ1n) is 5.91. The number of rotatable bonds is 5. The van der Waals surface area contributed by atoms with Crippen molar-refractivity contribution in [2.75, 3.05) is 18.9 Å². The predicted octanol–water partition coefficient (Wildman–Crippen LogP) is 0.657. The average Bonchev–Trinajstić information content (AvgIpc) is 2.79. The number of aromatic nitrogens is 1. The summed E-state index contributed by atoms with van der Waals surface area (Å²) in [5.41, 5.74) is 6.89. The molecule has 0 saturated heterocycles. The molecule has 0 amide bonds. The van der Waals surface area contributed by atoms with Gasteiger partial charge in [-0.25, -0.2) is 13.1 Å². The van der Waals surface area contributed by atoms with Crippen LogP contribution in [0.2, 0.25) is 0 Å². The highest BCUT2D eigenvalue weighted by atomic mass is 32.2. The molecule has 104 valence electrons. The van der Waals surface area contributed by atoms with Gasteiger partial charge in [0.15, 0.2) is 0 Å². The molecular weight excluding hydrogens is 266 g/mol. The first-order chi connectivity index (χ1) is 8.94. The number of fused-ring (bicyclic) bond motifs is 1. The first kappa shape index (κ1) is 13.9. The van der Waals surface area contributed by atoms with Gasteiger partial charge in [0.1, 0.15) is 4.90 Å². The van der Waals surface area contributed by atoms with Crippen LogP contribution in [0, 0.1) is 5.92 Å². The number of benzene rings is 1. The van der Waals surface area contributed by atoms with Gasteiger partial charge in [-0.1, -0.05) is 6.92 Å². The Morgan fingerprint density at radius 1 is 1.47 bits per heavy atom. The fourth-order valence-corrected chi connectivity index (χ4v) is 3.07. The summed E-state index contributed by atoms with van der Waals surface area (Å²) in [6.45, 7) is 1.89. The van der Waals surface area contributed by atoms with Crippen molar-refractivity contribution in [2.24, 2.45) is 5.92 Å². The van der Waals surface area contributed by atoms with Gasteiger partial charge in [-0.2, -0.15) is 0 Å². The lowest BCUT2D eigenvalue weighted by Crippen LogP contribution is -2.29. The second-order valence-electron chi connectivity index (χ2n) is 4.60. The van der Waals surface area contributed by atoms with E-state index in [2.05, 4.69) is 9.71 Å². The van der Waals surface area contributed by atoms with Crippen LogP contribution >= 0.6 is 0 Å². The Kier molecular flexibility index (Phi) is 3.79. The highest BCUT2D eigenvalue weighted by molar-refractivity contribution is 7.89. The fraction of sp³-hybridized carbons (Fsp3) is 0.333. The third-order valence-corrected chi connectivity index (χ3v) is 4.35. The van der Waals surface area contributed by atoms with Gasteiger partial charge in [0.2, 0.25) is 10.0 Å². The number of nitrogens with two attached hydrogens (primary N) is 1. The van der Waals surface area contributed by atoms with E-state index in [4.69, 9.17) is 10.8 Å². The molecule has 0 bridgehead atoms. The van der Waals surface area contributed by atoms with E-state index in [1.807, 2.05) is 0 Å². The molecule has 1 aromatic carbocycles. The lowest BCUT2D eigenvalue weighted by atomic mass is 10.2. The average molecular weight is 283 g/mol. The number of hydrogen-bond acceptors (Lipinski definition) is 4. The van der Waals surface area contributed by atoms with Crippen molar-refractivity contribution < 1.29 is 13.5 Å². The standard InChI is InChI=1S/C12H17N3O3S/c1-8(7-16)5-15-19(17,18)12-6-14-11-4-9(13)2-3-10(11)12/h2-4,6,8,14-16H,5,7,13H2,1H3. The van der Waals surface area contributed by atoms with Gasteiger partial charge >= 0.3 is 0 Å². The van der Waals surface area contributed by atoms with Crippen LogP contribution in [0.25, 0.3) is 10.9 Å². The maximum atomic E-state index is 12.2. The van der Waals surface area contributed by atoms with E-state index in [1.54, 1.807) is 25.1 Å². The molecule has 1 heterocycles. The van der Waals surface area contributed by atoms with Crippen LogP contribution in [-0.2, 0) is 10.0 Å². The molecule has 1 unspecified atom stereocenters. The molecule has 7 heteroatoms. The van der Waals surface area contributed by atoms with Gasteiger partial charge in [-0.3, -0.25) is 0 Å². The number of aliphatic hydroxyl groups is 1. The van der Waals surface area contributed by atoms with Crippen molar-refractivity contribution in [3.05, 3.63) is 24.4 Å². The SMILES string of the molecule is CC(CO)CNS(=O)(=O)c1c[nH]c2cc(N)ccc12. The number of H-pyrrole nitrogens is 1. The predicted molar refractivity (Wildman–Crippen MR) is 74.1 cm³/mol. The Labute approximate surface area is 111 Å². The Morgan fingerprint density at radius 3 is 2.89 bits per heavy atom. The summed E-state index contributed by atoms with van der Waals surface area (Å²) in [5.74, 6) is -0.129. The minimum absolute atomic E-state index is 0.0626. The molecule has 0 aliphatic heterocycles. The molecular formula is C12H17N3O3S. The van der Waals surface area contributed by atoms with Gasteiger partial charge in [-0.05, 0) is 24.1 Å². The molecule has 1 atom stereocenters. The molecule has 2 rings (SSSR count). The van der Waals surface area contributed by atoms with Crippen LogP contribution < -0.4 is 10.5 Å². The molecule has 0 aliphatic rings. The van der Waals surface area contributed by atoms with Gasteiger partial charge in [-0.15, -0.1) is 0 Å². The second kappa shape index (κ2) is 5.20. The van der Waals surface area contributed by atoms with Gasteiger partial charge < -0.3 is 15.8 Å². The Hall–Kier alpha value is -1.57. The summed E-state index contributed by atoms with van der Waals surface area (Å²) in [7, 11) is -3.59. The summed E-state index contributed by atoms with van der Waals surface area (Å²) in [6, 6.07) is 5.02. The van der Waals surface area contributed by atoms with E-state index < -0.39 is 10.0 Å². The highest BCUT2D eigenvalue weighted by Crippen LogP contribution is 2.24. The van der Waals surface area contributed by atoms with Gasteiger partial charge in [0.25, 0.3) is 0 Å². The van der Waals surface area contributed by atoms with Crippen molar-refractivity contribution in [1.29, 1.82) is 0 Å². The molecule has 0 saturated carbocycles. The molecule has 0 spiro atoms. The zero-order valence-corrected chi connectivity index (χ0v) is 11.4. The van der Waals surface area contributed by atoms with Crippen LogP contribution in [0.3, 0.4) is 0 Å². The zero-order chi connectivity index (χ0) is 14.0. The van der Waals surface area contributed by atoms with E-state index >= 15 is 0 Å². The normalized spacial score (nSPS) is 13.8. The van der Waals surface area contributed by atoms with E-state index in [9.17, 15) is 8.42 Å². The third kappa shape index (κ3) is 2.89. The fourth-order valence-electron chi connectivity index (χ4n) is 1.73. The Morgan fingerprint density at radius 2 is 2.21 bits per heavy atom. The number of aromatic amines is 1. The van der Waals surface area contributed by atoms with Crippen LogP contribution in [-0.4, -0.2) is 31.7 Å². The van der Waals surface area contributed by atoms with Crippen LogP contribution in [0.4, 0.5) is 5.69 Å². The number of nitrogens with one attached hydrogen (secondary N) is 2. The molecule has 0 fully saturated rings. The van der Waals surface area contributed by atoms with E-state index in [-0.39, 0.29) is 24.0 Å². The van der Waals surface area contributed by atoms with Gasteiger partial charge in [0.05, 0.1) is 0 Å². The van der Waals surface area contributed by atoms with E-state index in [0.717, 1.165) is 0 Å². The molecule has 0 aliphatic carbocycles. The summed E-state index contributed by atoms with van der Waals surface area (Å²) in [5, 5.41) is 9.51. The highest BCUT2D eigenvalue weighted by Gasteiger charge is 2.19. The Balaban J connectivity index is 2.33. The van der Waals surface area contributed by atoms with Crippen LogP contribution in [0.1, 0.15) is 6.92 Å². The lowest BCUT2D eigenvalue weighted by Gasteiger charge is -2.09. The first-order valence-corrected chi connectivity index (χ1v) is 7.39. The smallest absolute Gasteiger partial charge is 0.242 e. The number of hydrogen-bond donors (Lipinski definition) is 4. The van der Waals surface area contributed by atoms with Crippen LogP contribution in [0.15, 0.2) is 29.3 Å². The van der Waals surface area contributed by atoms with Crippen molar-refractivity contribution >= 4 is 26.6 Å². The van der Waals surface area contributed by atoms with Crippen LogP contribution in [0.5, 0.6) is 0 Å². The topological polar surface area (TPSA) is 108 Å². The minimum atomic E-state index is -3.59. The minimum Gasteiger partial charge on any atom is -0.399 e. The van der Waals surface area contributed by atoms with Crippen molar-refractivity contribution in [3.63, 3.8) is 0 Å². The number of anilines is 1. The Bertz CT molecular complexity index is 679. The number of sulfonamides is 1. The largest absolute Gasteiger partial charge is 0.399 e. The zero-order valence-electron chi connectivity index (χ0n) is 10.6. The summed E-state index contributed by atoms with van der Waals surface area (Å²) < 4.78 is 26.8. The van der Waals surface area contributed by atoms with Crippen molar-refractivity contribution in [2.45, 2.75) is 11.8 Å². The summed E-state index contributed by atoms with van der Waals surface area (Å²) >= 11 is 0. The lowest BCUT2D eigenvalue weighted by molar-refractivity contribution is 0.238. The third-order valence-electron chi connectivity index (χ3n) is 2.89. The molecule has 2 aromatic rings. The van der Waals surface area contributed by atoms with E-state index in [1.165, 1.54) is 6.20 Å². The maximum absolute atomic E-state index is 12.2. The molecule has 19 heavy (non-hydrogen) atoms. The summed E-state index contributed by atoms with van der Waals surface area (Å²) in [4.78, 5) is 3.08. The molecule has 6 nitrogen and oxygen atoms in total. The van der Waals surface area contributed by atoms with Crippen molar-refractivity contribution in [3.8, 4) is 0 Å². The van der Waals surface area contributed by atoms with Gasteiger partial charge in [0, 0.05) is 35.9 Å². The molecule has 0 radical (unpaired) electrons.